The number of benzene rings is 1. The molecule has 0 saturated heterocycles. The Morgan fingerprint density at radius 1 is 1.17 bits per heavy atom. The molecule has 0 atom stereocenters. The summed E-state index contributed by atoms with van der Waals surface area (Å²) in [6, 6.07) is 11.0. The molecule has 0 aliphatic carbocycles. The second-order valence-electron chi connectivity index (χ2n) is 6.57. The summed E-state index contributed by atoms with van der Waals surface area (Å²) in [5, 5.41) is 12.7. The van der Waals surface area contributed by atoms with Crippen LogP contribution in [0.1, 0.15) is 37.0 Å². The van der Waals surface area contributed by atoms with E-state index >= 15 is 0 Å². The molecule has 2 aromatic heterocycles. The maximum absolute atomic E-state index is 12.6. The molecule has 1 aromatic carbocycles. The first-order chi connectivity index (χ1) is 13.9. The van der Waals surface area contributed by atoms with Crippen LogP contribution in [0.25, 0.3) is 0 Å². The molecular formula is C21H20N2O5S. The minimum Gasteiger partial charge on any atom is -0.454 e. The van der Waals surface area contributed by atoms with Crippen LogP contribution in [0.5, 0.6) is 0 Å². The smallest absolute Gasteiger partial charge is 0.338 e. The summed E-state index contributed by atoms with van der Waals surface area (Å²) in [6.45, 7) is 4.22. The van der Waals surface area contributed by atoms with E-state index in [0.29, 0.717) is 5.56 Å². The third kappa shape index (κ3) is 4.78. The van der Waals surface area contributed by atoms with Crippen LogP contribution >= 0.6 is 11.3 Å². The molecule has 0 saturated carbocycles. The number of aryl methyl sites for hydroxylation is 2. The molecule has 2 heterocycles. The van der Waals surface area contributed by atoms with Gasteiger partial charge in [-0.1, -0.05) is 6.07 Å². The van der Waals surface area contributed by atoms with Crippen molar-refractivity contribution in [1.82, 2.24) is 4.57 Å². The lowest BCUT2D eigenvalue weighted by Gasteiger charge is -2.09. The predicted octanol–water partition coefficient (Wildman–Crippen LogP) is 4.36. The predicted molar refractivity (Wildman–Crippen MR) is 110 cm³/mol. The molecule has 8 heteroatoms. The van der Waals surface area contributed by atoms with E-state index in [2.05, 4.69) is 10.6 Å². The molecule has 0 aliphatic heterocycles. The quantitative estimate of drug-likeness (QED) is 0.237. The molecule has 0 fully saturated rings. The molecule has 0 unspecified atom stereocenters. The summed E-state index contributed by atoms with van der Waals surface area (Å²) >= 11 is 1.70. The number of hydrogen-bond acceptors (Lipinski definition) is 6. The van der Waals surface area contributed by atoms with Crippen LogP contribution in [-0.2, 0) is 17.7 Å². The number of Topliss-reactive ketones (excluding diaryl/α,β-unsaturated/α-hetero) is 1. The zero-order valence-electron chi connectivity index (χ0n) is 16.1. The number of aromatic nitrogens is 1. The zero-order valence-corrected chi connectivity index (χ0v) is 16.9. The highest BCUT2D eigenvalue weighted by Gasteiger charge is 2.18. The van der Waals surface area contributed by atoms with Gasteiger partial charge in [0.25, 0.3) is 5.69 Å². The summed E-state index contributed by atoms with van der Waals surface area (Å²) in [5.74, 6) is -0.976. The van der Waals surface area contributed by atoms with Crippen molar-refractivity contribution in [1.29, 1.82) is 0 Å². The van der Waals surface area contributed by atoms with Gasteiger partial charge in [-0.2, -0.15) is 0 Å². The van der Waals surface area contributed by atoms with Gasteiger partial charge in [-0.25, -0.2) is 4.79 Å². The van der Waals surface area contributed by atoms with E-state index in [1.165, 1.54) is 29.1 Å². The van der Waals surface area contributed by atoms with Gasteiger partial charge in [0.05, 0.1) is 10.5 Å². The van der Waals surface area contributed by atoms with Gasteiger partial charge in [-0.15, -0.1) is 11.3 Å². The van der Waals surface area contributed by atoms with Crippen LogP contribution in [0, 0.1) is 24.0 Å². The summed E-state index contributed by atoms with van der Waals surface area (Å²) in [6.07, 6.45) is 0.886. The van der Waals surface area contributed by atoms with E-state index in [4.69, 9.17) is 4.74 Å². The Hall–Kier alpha value is -3.26. The number of ether oxygens (including phenoxy) is 1. The van der Waals surface area contributed by atoms with Gasteiger partial charge in [0.15, 0.2) is 6.61 Å². The number of esters is 1. The van der Waals surface area contributed by atoms with E-state index in [1.807, 2.05) is 31.4 Å². The Balaban J connectivity index is 1.62. The van der Waals surface area contributed by atoms with Crippen LogP contribution in [0.15, 0.2) is 47.8 Å². The average molecular weight is 412 g/mol. The number of nitrogens with zero attached hydrogens (tertiary/aromatic N) is 2. The number of nitro groups is 1. The molecule has 7 nitrogen and oxygen atoms in total. The van der Waals surface area contributed by atoms with Crippen LogP contribution in [0.2, 0.25) is 0 Å². The standard InChI is InChI=1S/C21H20N2O5S/c1-14-12-19(15(2)22(14)10-9-18-4-3-11-29-18)20(24)13-28-21(25)16-5-7-17(8-6-16)23(26)27/h3-8,11-12H,9-10,13H2,1-2H3. The van der Waals surface area contributed by atoms with E-state index in [0.717, 1.165) is 24.4 Å². The van der Waals surface area contributed by atoms with Crippen molar-refractivity contribution in [2.75, 3.05) is 6.61 Å². The summed E-state index contributed by atoms with van der Waals surface area (Å²) in [4.78, 5) is 36.1. The maximum Gasteiger partial charge on any atom is 0.338 e. The number of ketones is 1. The monoisotopic (exact) mass is 412 g/mol. The topological polar surface area (TPSA) is 91.4 Å². The van der Waals surface area contributed by atoms with Crippen molar-refractivity contribution in [2.45, 2.75) is 26.8 Å². The fraction of sp³-hybridized carbons (Fsp3) is 0.238. The lowest BCUT2D eigenvalue weighted by atomic mass is 10.1. The van der Waals surface area contributed by atoms with E-state index in [9.17, 15) is 19.7 Å². The van der Waals surface area contributed by atoms with E-state index in [1.54, 1.807) is 11.3 Å². The normalized spacial score (nSPS) is 10.7. The lowest BCUT2D eigenvalue weighted by molar-refractivity contribution is -0.384. The van der Waals surface area contributed by atoms with Crippen LogP contribution in [-0.4, -0.2) is 27.8 Å². The van der Waals surface area contributed by atoms with Crippen molar-refractivity contribution in [3.8, 4) is 0 Å². The molecule has 0 N–H and O–H groups in total. The number of hydrogen-bond donors (Lipinski definition) is 0. The van der Waals surface area contributed by atoms with Crippen LogP contribution < -0.4 is 0 Å². The maximum atomic E-state index is 12.6. The molecule has 0 aliphatic rings. The fourth-order valence-electron chi connectivity index (χ4n) is 3.12. The molecule has 0 bridgehead atoms. The van der Waals surface area contributed by atoms with Gasteiger partial charge in [-0.3, -0.25) is 14.9 Å². The highest BCUT2D eigenvalue weighted by Crippen LogP contribution is 2.19. The largest absolute Gasteiger partial charge is 0.454 e. The minimum absolute atomic E-state index is 0.118. The fourth-order valence-corrected chi connectivity index (χ4v) is 3.81. The first kappa shape index (κ1) is 20.5. The van der Waals surface area contributed by atoms with Gasteiger partial charge in [0, 0.05) is 40.5 Å². The third-order valence-electron chi connectivity index (χ3n) is 4.68. The number of nitro benzene ring substituents is 1. The molecule has 0 spiro atoms. The highest BCUT2D eigenvalue weighted by atomic mass is 32.1. The molecular weight excluding hydrogens is 392 g/mol. The number of carbonyl (C=O) groups is 2. The van der Waals surface area contributed by atoms with Crippen LogP contribution in [0.3, 0.4) is 0 Å². The number of carbonyl (C=O) groups excluding carboxylic acids is 2. The van der Waals surface area contributed by atoms with Gasteiger partial charge < -0.3 is 9.30 Å². The summed E-state index contributed by atoms with van der Waals surface area (Å²) in [7, 11) is 0. The second-order valence-corrected chi connectivity index (χ2v) is 7.60. The van der Waals surface area contributed by atoms with Crippen molar-refractivity contribution in [3.63, 3.8) is 0 Å². The van der Waals surface area contributed by atoms with Crippen molar-refractivity contribution in [2.24, 2.45) is 0 Å². The van der Waals surface area contributed by atoms with Crippen molar-refractivity contribution in [3.05, 3.63) is 85.4 Å². The lowest BCUT2D eigenvalue weighted by Crippen LogP contribution is -2.15. The highest BCUT2D eigenvalue weighted by molar-refractivity contribution is 7.09. The Kier molecular flexibility index (Phi) is 6.23. The minimum atomic E-state index is -0.695. The Morgan fingerprint density at radius 2 is 1.90 bits per heavy atom. The summed E-state index contributed by atoms with van der Waals surface area (Å²) in [5.41, 5.74) is 2.39. The molecule has 29 heavy (non-hydrogen) atoms. The molecule has 150 valence electrons. The third-order valence-corrected chi connectivity index (χ3v) is 5.62. The van der Waals surface area contributed by atoms with Crippen LogP contribution in [0.4, 0.5) is 5.69 Å². The summed E-state index contributed by atoms with van der Waals surface area (Å²) < 4.78 is 7.19. The Labute approximate surface area is 171 Å². The van der Waals surface area contributed by atoms with Gasteiger partial charge in [0.2, 0.25) is 5.78 Å². The Morgan fingerprint density at radius 3 is 2.52 bits per heavy atom. The first-order valence-corrected chi connectivity index (χ1v) is 9.88. The number of rotatable bonds is 8. The van der Waals surface area contributed by atoms with E-state index < -0.39 is 10.9 Å². The van der Waals surface area contributed by atoms with Crippen molar-refractivity contribution < 1.29 is 19.2 Å². The molecule has 3 rings (SSSR count). The van der Waals surface area contributed by atoms with E-state index in [-0.39, 0.29) is 23.6 Å². The van der Waals surface area contributed by atoms with Gasteiger partial charge in [-0.05, 0) is 49.9 Å². The zero-order chi connectivity index (χ0) is 21.0. The molecule has 0 amide bonds. The van der Waals surface area contributed by atoms with Gasteiger partial charge >= 0.3 is 5.97 Å². The SMILES string of the molecule is Cc1cc(C(=O)COC(=O)c2ccc([N+](=O)[O-])cc2)c(C)n1CCc1cccs1. The molecule has 0 radical (unpaired) electrons. The van der Waals surface area contributed by atoms with Gasteiger partial charge in [0.1, 0.15) is 0 Å². The number of non-ortho nitro benzene ring substituents is 1. The number of thiophene rings is 1. The average Bonchev–Trinajstić information content (AvgIpc) is 3.32. The Bertz CT molecular complexity index is 1040. The second kappa shape index (κ2) is 8.83. The van der Waals surface area contributed by atoms with Crippen molar-refractivity contribution >= 4 is 28.8 Å². The first-order valence-electron chi connectivity index (χ1n) is 9.00. The molecule has 3 aromatic rings.